The predicted octanol–water partition coefficient (Wildman–Crippen LogP) is 1.85. The molecule has 0 heterocycles. The number of sulfonamides is 1. The van der Waals surface area contributed by atoms with Crippen LogP contribution in [0.15, 0.2) is 21.5 Å². The molecule has 2 unspecified atom stereocenters. The maximum Gasteiger partial charge on any atom is 0.337 e. The van der Waals surface area contributed by atoms with E-state index in [1.54, 1.807) is 6.92 Å². The highest BCUT2D eigenvalue weighted by Gasteiger charge is 2.22. The second kappa shape index (κ2) is 7.19. The van der Waals surface area contributed by atoms with Crippen molar-refractivity contribution in [3.63, 3.8) is 0 Å². The van der Waals surface area contributed by atoms with Crippen LogP contribution in [0.2, 0.25) is 5.02 Å². The smallest absolute Gasteiger partial charge is 0.337 e. The molecule has 1 rings (SSSR count). The number of aromatic carboxylic acids is 1. The van der Waals surface area contributed by atoms with E-state index < -0.39 is 32.8 Å². The third-order valence-electron chi connectivity index (χ3n) is 2.38. The molecule has 21 heavy (non-hydrogen) atoms. The first-order valence-corrected chi connectivity index (χ1v) is 9.97. The van der Waals surface area contributed by atoms with Crippen LogP contribution in [0.25, 0.3) is 0 Å². The van der Waals surface area contributed by atoms with Gasteiger partial charge in [-0.15, -0.1) is 0 Å². The van der Waals surface area contributed by atoms with E-state index in [0.29, 0.717) is 0 Å². The van der Waals surface area contributed by atoms with E-state index >= 15 is 0 Å². The van der Waals surface area contributed by atoms with Crippen molar-refractivity contribution in [3.05, 3.63) is 27.2 Å². The van der Waals surface area contributed by atoms with Crippen LogP contribution in [0.1, 0.15) is 17.3 Å². The summed E-state index contributed by atoms with van der Waals surface area (Å²) < 4.78 is 38.0. The fraction of sp³-hybridized carbons (Fsp3) is 0.364. The highest BCUT2D eigenvalue weighted by Crippen LogP contribution is 2.30. The van der Waals surface area contributed by atoms with Crippen molar-refractivity contribution in [1.82, 2.24) is 4.72 Å². The predicted molar refractivity (Wildman–Crippen MR) is 84.8 cm³/mol. The Morgan fingerprint density at radius 3 is 2.57 bits per heavy atom. The first-order chi connectivity index (χ1) is 9.54. The normalized spacial score (nSPS) is 14.7. The fourth-order valence-corrected chi connectivity index (χ4v) is 4.58. The molecule has 118 valence electrons. The molecule has 0 radical (unpaired) electrons. The summed E-state index contributed by atoms with van der Waals surface area (Å²) in [4.78, 5) is 10.8. The van der Waals surface area contributed by atoms with Crippen LogP contribution in [-0.4, -0.2) is 41.8 Å². The Bertz CT molecular complexity index is 692. The summed E-state index contributed by atoms with van der Waals surface area (Å²) in [7, 11) is -5.09. The van der Waals surface area contributed by atoms with Gasteiger partial charge in [-0.1, -0.05) is 11.6 Å². The topological polar surface area (TPSA) is 101 Å². The number of halogens is 2. The second-order valence-electron chi connectivity index (χ2n) is 4.33. The molecule has 10 heteroatoms. The zero-order chi connectivity index (χ0) is 16.4. The minimum absolute atomic E-state index is 0.0795. The molecule has 1 aromatic carbocycles. The van der Waals surface area contributed by atoms with Gasteiger partial charge in [0, 0.05) is 33.3 Å². The Balaban J connectivity index is 3.20. The summed E-state index contributed by atoms with van der Waals surface area (Å²) in [6.45, 7) is 1.57. The van der Waals surface area contributed by atoms with E-state index in [-0.39, 0.29) is 25.7 Å². The number of hydrogen-bond donors (Lipinski definition) is 2. The van der Waals surface area contributed by atoms with Gasteiger partial charge >= 0.3 is 5.97 Å². The average molecular weight is 419 g/mol. The van der Waals surface area contributed by atoms with E-state index in [4.69, 9.17) is 16.7 Å². The lowest BCUT2D eigenvalue weighted by molar-refractivity contribution is 0.0696. The van der Waals surface area contributed by atoms with Crippen LogP contribution in [-0.2, 0) is 20.8 Å². The van der Waals surface area contributed by atoms with Gasteiger partial charge in [0.2, 0.25) is 10.0 Å². The number of nitrogens with one attached hydrogen (secondary N) is 1. The number of carboxylic acids is 1. The van der Waals surface area contributed by atoms with Gasteiger partial charge in [-0.2, -0.15) is 0 Å². The van der Waals surface area contributed by atoms with Crippen molar-refractivity contribution in [2.24, 2.45) is 0 Å². The lowest BCUT2D eigenvalue weighted by atomic mass is 10.2. The SMILES string of the molecule is CC(CS(C)=O)NS(=O)(=O)c1cc(Br)c(Cl)c(C(=O)O)c1. The molecule has 0 aliphatic rings. The molecule has 0 aliphatic carbocycles. The van der Waals surface area contributed by atoms with Crippen molar-refractivity contribution in [2.45, 2.75) is 17.9 Å². The molecule has 6 nitrogen and oxygen atoms in total. The summed E-state index contributed by atoms with van der Waals surface area (Å²) in [6, 6.07) is 1.64. The number of carboxylic acid groups (broad SMARTS) is 1. The maximum atomic E-state index is 12.2. The molecule has 1 aromatic rings. The molecule has 2 N–H and O–H groups in total. The molecule has 0 saturated carbocycles. The zero-order valence-electron chi connectivity index (χ0n) is 11.1. The third-order valence-corrected chi connectivity index (χ3v) is 6.18. The lowest BCUT2D eigenvalue weighted by Crippen LogP contribution is -2.36. The first kappa shape index (κ1) is 18.6. The Labute approximate surface area is 138 Å². The van der Waals surface area contributed by atoms with Crippen LogP contribution >= 0.6 is 27.5 Å². The van der Waals surface area contributed by atoms with Gasteiger partial charge in [-0.3, -0.25) is 4.21 Å². The maximum absolute atomic E-state index is 12.2. The molecule has 0 amide bonds. The van der Waals surface area contributed by atoms with Gasteiger partial charge in [-0.25, -0.2) is 17.9 Å². The van der Waals surface area contributed by atoms with Gasteiger partial charge in [0.25, 0.3) is 0 Å². The summed E-state index contributed by atoms with van der Waals surface area (Å²) in [5.74, 6) is -1.18. The number of hydrogen-bond acceptors (Lipinski definition) is 4. The monoisotopic (exact) mass is 417 g/mol. The summed E-state index contributed by atoms with van der Waals surface area (Å²) in [5, 5.41) is 8.94. The molecule has 0 aliphatic heterocycles. The van der Waals surface area contributed by atoms with Crippen LogP contribution in [0, 0.1) is 0 Å². The molecular formula is C11H13BrClNO5S2. The second-order valence-corrected chi connectivity index (χ2v) is 8.76. The van der Waals surface area contributed by atoms with Gasteiger partial charge < -0.3 is 5.11 Å². The molecule has 0 spiro atoms. The number of rotatable bonds is 6. The van der Waals surface area contributed by atoms with Gasteiger partial charge in [0.1, 0.15) is 0 Å². The average Bonchev–Trinajstić information content (AvgIpc) is 2.29. The van der Waals surface area contributed by atoms with E-state index in [1.165, 1.54) is 12.3 Å². The van der Waals surface area contributed by atoms with Crippen molar-refractivity contribution < 1.29 is 22.5 Å². The fourth-order valence-electron chi connectivity index (χ4n) is 1.59. The third kappa shape index (κ3) is 5.03. The Hall–Kier alpha value is -0.480. The van der Waals surface area contributed by atoms with E-state index in [2.05, 4.69) is 20.7 Å². The molecular weight excluding hydrogens is 406 g/mol. The largest absolute Gasteiger partial charge is 0.478 e. The highest BCUT2D eigenvalue weighted by molar-refractivity contribution is 9.10. The van der Waals surface area contributed by atoms with E-state index in [0.717, 1.165) is 6.07 Å². The summed E-state index contributed by atoms with van der Waals surface area (Å²) >= 11 is 8.83. The summed E-state index contributed by atoms with van der Waals surface area (Å²) in [5.41, 5.74) is -0.321. The number of benzene rings is 1. The van der Waals surface area contributed by atoms with Crippen molar-refractivity contribution >= 4 is 54.3 Å². The Morgan fingerprint density at radius 1 is 1.52 bits per heavy atom. The van der Waals surface area contributed by atoms with Crippen molar-refractivity contribution in [2.75, 3.05) is 12.0 Å². The lowest BCUT2D eigenvalue weighted by Gasteiger charge is -2.14. The Morgan fingerprint density at radius 2 is 2.10 bits per heavy atom. The quantitative estimate of drug-likeness (QED) is 0.734. The van der Waals surface area contributed by atoms with Crippen LogP contribution in [0.3, 0.4) is 0 Å². The van der Waals surface area contributed by atoms with Crippen LogP contribution in [0.4, 0.5) is 0 Å². The zero-order valence-corrected chi connectivity index (χ0v) is 15.1. The minimum Gasteiger partial charge on any atom is -0.478 e. The first-order valence-electron chi connectivity index (χ1n) is 5.59. The van der Waals surface area contributed by atoms with Gasteiger partial charge in [-0.05, 0) is 35.0 Å². The summed E-state index contributed by atoms with van der Waals surface area (Å²) in [6.07, 6.45) is 1.46. The minimum atomic E-state index is -3.94. The van der Waals surface area contributed by atoms with Crippen molar-refractivity contribution in [3.8, 4) is 0 Å². The van der Waals surface area contributed by atoms with Crippen molar-refractivity contribution in [1.29, 1.82) is 0 Å². The molecule has 2 atom stereocenters. The molecule has 0 aromatic heterocycles. The van der Waals surface area contributed by atoms with E-state index in [1.807, 2.05) is 0 Å². The highest BCUT2D eigenvalue weighted by atomic mass is 79.9. The Kier molecular flexibility index (Phi) is 6.36. The molecule has 0 saturated heterocycles. The molecule has 0 bridgehead atoms. The number of carbonyl (C=O) groups is 1. The molecule has 0 fully saturated rings. The van der Waals surface area contributed by atoms with Gasteiger partial charge in [0.15, 0.2) is 0 Å². The van der Waals surface area contributed by atoms with Crippen LogP contribution < -0.4 is 4.72 Å². The van der Waals surface area contributed by atoms with Crippen LogP contribution in [0.5, 0.6) is 0 Å². The van der Waals surface area contributed by atoms with E-state index in [9.17, 15) is 17.4 Å². The van der Waals surface area contributed by atoms with Gasteiger partial charge in [0.05, 0.1) is 15.5 Å². The standard InChI is InChI=1S/C11H13BrClNO5S2/c1-6(5-20(2)17)14-21(18,19)7-3-8(11(15)16)10(13)9(12)4-7/h3-4,6,14H,5H2,1-2H3,(H,15,16).